The van der Waals surface area contributed by atoms with Crippen molar-refractivity contribution in [2.45, 2.75) is 20.4 Å². The van der Waals surface area contributed by atoms with E-state index >= 15 is 0 Å². The van der Waals surface area contributed by atoms with Crippen molar-refractivity contribution in [3.05, 3.63) is 59.5 Å². The molecule has 20 heavy (non-hydrogen) atoms. The van der Waals surface area contributed by atoms with E-state index in [1.54, 1.807) is 0 Å². The molecule has 2 heterocycles. The number of rotatable bonds is 3. The second kappa shape index (κ2) is 4.94. The van der Waals surface area contributed by atoms with Crippen LogP contribution in [0.3, 0.4) is 0 Å². The summed E-state index contributed by atoms with van der Waals surface area (Å²) in [7, 11) is 0. The van der Waals surface area contributed by atoms with Gasteiger partial charge >= 0.3 is 0 Å². The number of hydrogen-bond acceptors (Lipinski definition) is 3. The van der Waals surface area contributed by atoms with E-state index in [1.165, 1.54) is 0 Å². The van der Waals surface area contributed by atoms with E-state index in [0.29, 0.717) is 6.54 Å². The summed E-state index contributed by atoms with van der Waals surface area (Å²) < 4.78 is 3.73. The van der Waals surface area contributed by atoms with Gasteiger partial charge in [0.05, 0.1) is 17.6 Å². The lowest BCUT2D eigenvalue weighted by molar-refractivity contribution is 0.756. The normalized spacial score (nSPS) is 10.9. The SMILES string of the molecule is Cc1cnn(-c2c(CN)c(C)nn2-c2ccccc2)c1. The Morgan fingerprint density at radius 2 is 1.90 bits per heavy atom. The molecule has 5 nitrogen and oxygen atoms in total. The fourth-order valence-electron chi connectivity index (χ4n) is 2.30. The molecular formula is C15H17N5. The molecule has 1 aromatic carbocycles. The van der Waals surface area contributed by atoms with Gasteiger partial charge in [-0.1, -0.05) is 18.2 Å². The molecule has 2 N–H and O–H groups in total. The van der Waals surface area contributed by atoms with E-state index in [0.717, 1.165) is 28.3 Å². The van der Waals surface area contributed by atoms with Crippen molar-refractivity contribution < 1.29 is 0 Å². The van der Waals surface area contributed by atoms with Gasteiger partial charge in [-0.25, -0.2) is 9.36 Å². The maximum atomic E-state index is 5.89. The number of para-hydroxylation sites is 1. The highest BCUT2D eigenvalue weighted by atomic mass is 15.4. The van der Waals surface area contributed by atoms with Gasteiger partial charge in [0.1, 0.15) is 0 Å². The lowest BCUT2D eigenvalue weighted by atomic mass is 10.2. The second-order valence-electron chi connectivity index (χ2n) is 4.80. The Morgan fingerprint density at radius 3 is 2.50 bits per heavy atom. The smallest absolute Gasteiger partial charge is 0.161 e. The number of aromatic nitrogens is 4. The number of nitrogens with two attached hydrogens (primary N) is 1. The molecule has 0 spiro atoms. The van der Waals surface area contributed by atoms with Crippen molar-refractivity contribution in [1.29, 1.82) is 0 Å². The Labute approximate surface area is 117 Å². The van der Waals surface area contributed by atoms with Gasteiger partial charge in [0, 0.05) is 18.3 Å². The van der Waals surface area contributed by atoms with Crippen LogP contribution < -0.4 is 5.73 Å². The summed E-state index contributed by atoms with van der Waals surface area (Å²) >= 11 is 0. The molecule has 0 amide bonds. The van der Waals surface area contributed by atoms with Crippen molar-refractivity contribution in [1.82, 2.24) is 19.6 Å². The molecule has 2 aromatic heterocycles. The second-order valence-corrected chi connectivity index (χ2v) is 4.80. The van der Waals surface area contributed by atoms with E-state index in [9.17, 15) is 0 Å². The Balaban J connectivity index is 2.25. The van der Waals surface area contributed by atoms with Crippen LogP contribution in [0.25, 0.3) is 11.5 Å². The first-order valence-corrected chi connectivity index (χ1v) is 6.56. The maximum absolute atomic E-state index is 5.89. The van der Waals surface area contributed by atoms with Crippen LogP contribution in [0.15, 0.2) is 42.7 Å². The average molecular weight is 267 g/mol. The molecule has 0 radical (unpaired) electrons. The Hall–Kier alpha value is -2.40. The van der Waals surface area contributed by atoms with Crippen LogP contribution in [-0.2, 0) is 6.54 Å². The zero-order valence-electron chi connectivity index (χ0n) is 11.6. The third-order valence-corrected chi connectivity index (χ3v) is 3.29. The summed E-state index contributed by atoms with van der Waals surface area (Å²) in [5.74, 6) is 0.907. The van der Waals surface area contributed by atoms with Crippen LogP contribution in [-0.4, -0.2) is 19.6 Å². The Morgan fingerprint density at radius 1 is 1.15 bits per heavy atom. The summed E-state index contributed by atoms with van der Waals surface area (Å²) in [4.78, 5) is 0. The molecule has 0 aliphatic rings. The van der Waals surface area contributed by atoms with Crippen LogP contribution in [0.4, 0.5) is 0 Å². The fourth-order valence-corrected chi connectivity index (χ4v) is 2.30. The topological polar surface area (TPSA) is 61.7 Å². The fraction of sp³-hybridized carbons (Fsp3) is 0.200. The number of nitrogens with zero attached hydrogens (tertiary/aromatic N) is 4. The standard InChI is InChI=1S/C15H17N5/c1-11-9-17-19(10-11)15-14(8-16)12(2)18-20(15)13-6-4-3-5-7-13/h3-7,9-10H,8,16H2,1-2H3. The first-order valence-electron chi connectivity index (χ1n) is 6.56. The first kappa shape index (κ1) is 12.6. The van der Waals surface area contributed by atoms with Crippen LogP contribution >= 0.6 is 0 Å². The van der Waals surface area contributed by atoms with Crippen molar-refractivity contribution in [2.24, 2.45) is 5.73 Å². The molecule has 0 aliphatic heterocycles. The lowest BCUT2D eigenvalue weighted by Crippen LogP contribution is -2.09. The highest BCUT2D eigenvalue weighted by Gasteiger charge is 2.17. The molecule has 0 unspecified atom stereocenters. The van der Waals surface area contributed by atoms with Crippen molar-refractivity contribution in [3.8, 4) is 11.5 Å². The van der Waals surface area contributed by atoms with Crippen molar-refractivity contribution in [3.63, 3.8) is 0 Å². The lowest BCUT2D eigenvalue weighted by Gasteiger charge is -2.09. The quantitative estimate of drug-likeness (QED) is 0.790. The number of benzene rings is 1. The van der Waals surface area contributed by atoms with Gasteiger partial charge in [-0.3, -0.25) is 0 Å². The number of hydrogen-bond donors (Lipinski definition) is 1. The van der Waals surface area contributed by atoms with Crippen LogP contribution in [0, 0.1) is 13.8 Å². The van der Waals surface area contributed by atoms with Gasteiger partial charge in [0.15, 0.2) is 5.82 Å². The molecule has 3 aromatic rings. The molecule has 0 saturated heterocycles. The van der Waals surface area contributed by atoms with E-state index < -0.39 is 0 Å². The average Bonchev–Trinajstić information content (AvgIpc) is 3.03. The zero-order valence-corrected chi connectivity index (χ0v) is 11.6. The summed E-state index contributed by atoms with van der Waals surface area (Å²) in [5.41, 5.74) is 9.94. The zero-order chi connectivity index (χ0) is 14.1. The molecule has 0 fully saturated rings. The van der Waals surface area contributed by atoms with Crippen molar-refractivity contribution in [2.75, 3.05) is 0 Å². The molecule has 102 valence electrons. The van der Waals surface area contributed by atoms with Gasteiger partial charge < -0.3 is 5.73 Å². The number of aryl methyl sites for hydroxylation is 2. The maximum Gasteiger partial charge on any atom is 0.161 e. The van der Waals surface area contributed by atoms with E-state index in [1.807, 2.05) is 65.9 Å². The summed E-state index contributed by atoms with van der Waals surface area (Å²) in [5, 5.41) is 9.01. The van der Waals surface area contributed by atoms with E-state index in [2.05, 4.69) is 10.2 Å². The third kappa shape index (κ3) is 2.02. The Bertz CT molecular complexity index is 724. The predicted octanol–water partition coefficient (Wildman–Crippen LogP) is 2.13. The highest BCUT2D eigenvalue weighted by molar-refractivity contribution is 5.45. The summed E-state index contributed by atoms with van der Waals surface area (Å²) in [6.07, 6.45) is 3.81. The molecule has 0 aliphatic carbocycles. The van der Waals surface area contributed by atoms with Crippen LogP contribution in [0.2, 0.25) is 0 Å². The monoisotopic (exact) mass is 267 g/mol. The molecule has 3 rings (SSSR count). The molecular weight excluding hydrogens is 250 g/mol. The first-order chi connectivity index (χ1) is 9.70. The minimum absolute atomic E-state index is 0.437. The third-order valence-electron chi connectivity index (χ3n) is 3.29. The largest absolute Gasteiger partial charge is 0.326 e. The summed E-state index contributed by atoms with van der Waals surface area (Å²) in [6.45, 7) is 4.43. The van der Waals surface area contributed by atoms with Crippen LogP contribution in [0.5, 0.6) is 0 Å². The summed E-state index contributed by atoms with van der Waals surface area (Å²) in [6, 6.07) is 10.0. The van der Waals surface area contributed by atoms with Gasteiger partial charge in [-0.2, -0.15) is 10.2 Å². The van der Waals surface area contributed by atoms with Gasteiger partial charge in [0.2, 0.25) is 0 Å². The van der Waals surface area contributed by atoms with E-state index in [4.69, 9.17) is 5.73 Å². The molecule has 5 heteroatoms. The van der Waals surface area contributed by atoms with Gasteiger partial charge in [-0.15, -0.1) is 0 Å². The van der Waals surface area contributed by atoms with Gasteiger partial charge in [0.25, 0.3) is 0 Å². The molecule has 0 bridgehead atoms. The van der Waals surface area contributed by atoms with Crippen LogP contribution in [0.1, 0.15) is 16.8 Å². The minimum atomic E-state index is 0.437. The predicted molar refractivity (Wildman–Crippen MR) is 78.1 cm³/mol. The van der Waals surface area contributed by atoms with Gasteiger partial charge in [-0.05, 0) is 31.5 Å². The van der Waals surface area contributed by atoms with Crippen molar-refractivity contribution >= 4 is 0 Å². The minimum Gasteiger partial charge on any atom is -0.326 e. The van der Waals surface area contributed by atoms with E-state index in [-0.39, 0.29) is 0 Å². The highest BCUT2D eigenvalue weighted by Crippen LogP contribution is 2.22. The molecule has 0 saturated carbocycles. The molecule has 0 atom stereocenters. The Kier molecular flexibility index (Phi) is 3.12.